The average Bonchev–Trinajstić information content (AvgIpc) is 3.49. The zero-order valence-corrected chi connectivity index (χ0v) is 17.8. The number of nitrogens with one attached hydrogen (secondary N) is 1. The van der Waals surface area contributed by atoms with Crippen molar-refractivity contribution in [3.05, 3.63) is 70.7 Å². The monoisotopic (exact) mass is 451 g/mol. The van der Waals surface area contributed by atoms with Crippen LogP contribution in [0.2, 0.25) is 0 Å². The molecule has 162 valence electrons. The number of nitro benzene ring substituents is 1. The molecule has 0 unspecified atom stereocenters. The first kappa shape index (κ1) is 21.2. The number of amides is 1. The van der Waals surface area contributed by atoms with E-state index in [2.05, 4.69) is 20.5 Å². The fourth-order valence-electron chi connectivity index (χ4n) is 2.83. The van der Waals surface area contributed by atoms with Gasteiger partial charge in [0.15, 0.2) is 17.2 Å². The van der Waals surface area contributed by atoms with Gasteiger partial charge in [-0.3, -0.25) is 14.9 Å². The normalized spacial score (nSPS) is 11.8. The summed E-state index contributed by atoms with van der Waals surface area (Å²) >= 11 is 1.10. The van der Waals surface area contributed by atoms with Crippen molar-refractivity contribution in [1.82, 2.24) is 15.2 Å². The molecule has 0 spiro atoms. The van der Waals surface area contributed by atoms with Crippen LogP contribution in [0.25, 0.3) is 22.9 Å². The zero-order valence-electron chi connectivity index (χ0n) is 17.0. The summed E-state index contributed by atoms with van der Waals surface area (Å²) in [5, 5.41) is 21.8. The first-order valence-electron chi connectivity index (χ1n) is 9.47. The fraction of sp³-hybridized carbons (Fsp3) is 0.143. The molecule has 0 aliphatic heterocycles. The number of hydrogen-bond donors (Lipinski definition) is 1. The number of aryl methyl sites for hydroxylation is 1. The number of rotatable bonds is 7. The van der Waals surface area contributed by atoms with Gasteiger partial charge in [0.25, 0.3) is 5.69 Å². The topological polar surface area (TPSA) is 137 Å². The number of carbonyl (C=O) groups excluding carboxylic acids is 1. The Kier molecular flexibility index (Phi) is 5.99. The van der Waals surface area contributed by atoms with Crippen LogP contribution in [-0.4, -0.2) is 31.3 Å². The Morgan fingerprint density at radius 2 is 1.78 bits per heavy atom. The number of benzene rings is 1. The van der Waals surface area contributed by atoms with Gasteiger partial charge in [-0.25, -0.2) is 4.98 Å². The van der Waals surface area contributed by atoms with Gasteiger partial charge in [0.05, 0.1) is 28.4 Å². The Bertz CT molecular complexity index is 1260. The molecule has 1 aromatic carbocycles. The summed E-state index contributed by atoms with van der Waals surface area (Å²) < 4.78 is 10.9. The van der Waals surface area contributed by atoms with Crippen molar-refractivity contribution in [2.75, 3.05) is 5.32 Å². The molecule has 0 bridgehead atoms. The molecule has 0 aliphatic carbocycles. The van der Waals surface area contributed by atoms with Gasteiger partial charge in [0, 0.05) is 12.1 Å². The summed E-state index contributed by atoms with van der Waals surface area (Å²) in [6.45, 7) is 3.44. The molecule has 0 saturated heterocycles. The highest BCUT2D eigenvalue weighted by Crippen LogP contribution is 2.31. The van der Waals surface area contributed by atoms with Crippen LogP contribution in [0.4, 0.5) is 11.4 Å². The Labute approximate surface area is 186 Å². The van der Waals surface area contributed by atoms with Crippen LogP contribution in [0.3, 0.4) is 0 Å². The van der Waals surface area contributed by atoms with Crippen LogP contribution in [0, 0.1) is 17.0 Å². The molecule has 0 radical (unpaired) electrons. The van der Waals surface area contributed by atoms with Crippen molar-refractivity contribution in [3.8, 4) is 22.9 Å². The summed E-state index contributed by atoms with van der Waals surface area (Å²) in [6, 6.07) is 11.2. The van der Waals surface area contributed by atoms with E-state index in [1.54, 1.807) is 44.2 Å². The molecule has 0 fully saturated rings. The molecule has 3 heterocycles. The molecule has 0 saturated carbocycles. The number of furan rings is 2. The summed E-state index contributed by atoms with van der Waals surface area (Å²) in [6.07, 6.45) is 3.04. The van der Waals surface area contributed by atoms with Gasteiger partial charge in [-0.2, -0.15) is 0 Å². The highest BCUT2D eigenvalue weighted by molar-refractivity contribution is 8.00. The minimum Gasteiger partial charge on any atom is -0.463 e. The largest absolute Gasteiger partial charge is 0.463 e. The SMILES string of the molecule is Cc1ccc([N+](=O)[O-])cc1NC(=O)[C@@H](C)Sc1nnc(-c2ccco2)c(-c2ccco2)n1. The van der Waals surface area contributed by atoms with Crippen LogP contribution in [0.5, 0.6) is 0 Å². The van der Waals surface area contributed by atoms with E-state index in [1.807, 2.05) is 0 Å². The third-order valence-corrected chi connectivity index (χ3v) is 5.47. The molecule has 3 aromatic heterocycles. The van der Waals surface area contributed by atoms with Gasteiger partial charge < -0.3 is 14.2 Å². The predicted molar refractivity (Wildman–Crippen MR) is 117 cm³/mol. The maximum absolute atomic E-state index is 12.7. The third-order valence-electron chi connectivity index (χ3n) is 4.52. The van der Waals surface area contributed by atoms with Crippen molar-refractivity contribution in [3.63, 3.8) is 0 Å². The molecule has 1 N–H and O–H groups in total. The van der Waals surface area contributed by atoms with E-state index >= 15 is 0 Å². The Balaban J connectivity index is 1.55. The van der Waals surface area contributed by atoms with Crippen molar-refractivity contribution >= 4 is 29.0 Å². The maximum Gasteiger partial charge on any atom is 0.271 e. The molecular weight excluding hydrogens is 434 g/mol. The van der Waals surface area contributed by atoms with Gasteiger partial charge in [-0.1, -0.05) is 17.8 Å². The molecular formula is C21H17N5O5S. The number of nitro groups is 1. The van der Waals surface area contributed by atoms with Gasteiger partial charge in [0.2, 0.25) is 11.1 Å². The van der Waals surface area contributed by atoms with Crippen molar-refractivity contribution in [2.45, 2.75) is 24.3 Å². The van der Waals surface area contributed by atoms with Crippen LogP contribution in [0.1, 0.15) is 12.5 Å². The van der Waals surface area contributed by atoms with Crippen LogP contribution >= 0.6 is 11.8 Å². The van der Waals surface area contributed by atoms with Gasteiger partial charge in [-0.15, -0.1) is 10.2 Å². The number of thioether (sulfide) groups is 1. The minimum atomic E-state index is -0.602. The summed E-state index contributed by atoms with van der Waals surface area (Å²) in [5.74, 6) is 0.620. The Hall–Kier alpha value is -3.99. The van der Waals surface area contributed by atoms with E-state index < -0.39 is 10.2 Å². The van der Waals surface area contributed by atoms with Crippen molar-refractivity contribution in [2.24, 2.45) is 0 Å². The lowest BCUT2D eigenvalue weighted by molar-refractivity contribution is -0.384. The molecule has 32 heavy (non-hydrogen) atoms. The average molecular weight is 451 g/mol. The number of non-ortho nitro benzene ring substituents is 1. The first-order valence-corrected chi connectivity index (χ1v) is 10.4. The highest BCUT2D eigenvalue weighted by atomic mass is 32.2. The Morgan fingerprint density at radius 3 is 2.41 bits per heavy atom. The van der Waals surface area contributed by atoms with Crippen molar-refractivity contribution < 1.29 is 18.6 Å². The Morgan fingerprint density at radius 1 is 1.09 bits per heavy atom. The molecule has 1 amide bonds. The number of aromatic nitrogens is 3. The molecule has 4 aromatic rings. The second-order valence-electron chi connectivity index (χ2n) is 6.75. The van der Waals surface area contributed by atoms with E-state index in [1.165, 1.54) is 24.7 Å². The molecule has 4 rings (SSSR count). The second-order valence-corrected chi connectivity index (χ2v) is 8.06. The summed E-state index contributed by atoms with van der Waals surface area (Å²) in [4.78, 5) is 27.7. The van der Waals surface area contributed by atoms with Crippen molar-refractivity contribution in [1.29, 1.82) is 0 Å². The first-order chi connectivity index (χ1) is 15.4. The number of carbonyl (C=O) groups is 1. The molecule has 10 nitrogen and oxygen atoms in total. The van der Waals surface area contributed by atoms with E-state index in [-0.39, 0.29) is 16.8 Å². The minimum absolute atomic E-state index is 0.102. The number of hydrogen-bond acceptors (Lipinski definition) is 9. The van der Waals surface area contributed by atoms with Gasteiger partial charge in [0.1, 0.15) is 5.69 Å². The van der Waals surface area contributed by atoms with Crippen LogP contribution < -0.4 is 5.32 Å². The maximum atomic E-state index is 12.7. The van der Waals surface area contributed by atoms with E-state index in [0.29, 0.717) is 34.2 Å². The molecule has 11 heteroatoms. The fourth-order valence-corrected chi connectivity index (χ4v) is 3.54. The van der Waals surface area contributed by atoms with Crippen LogP contribution in [-0.2, 0) is 4.79 Å². The second kappa shape index (κ2) is 9.02. The van der Waals surface area contributed by atoms with Crippen LogP contribution in [0.15, 0.2) is 69.0 Å². The predicted octanol–water partition coefficient (Wildman–Crippen LogP) is 4.73. The molecule has 1 atom stereocenters. The smallest absolute Gasteiger partial charge is 0.271 e. The van der Waals surface area contributed by atoms with E-state index in [4.69, 9.17) is 8.83 Å². The van der Waals surface area contributed by atoms with Gasteiger partial charge >= 0.3 is 0 Å². The lowest BCUT2D eigenvalue weighted by Gasteiger charge is -2.13. The number of nitrogens with zero attached hydrogens (tertiary/aromatic N) is 4. The lowest BCUT2D eigenvalue weighted by atomic mass is 10.2. The summed E-state index contributed by atoms with van der Waals surface area (Å²) in [5.41, 5.74) is 1.83. The number of anilines is 1. The third kappa shape index (κ3) is 4.52. The zero-order chi connectivity index (χ0) is 22.7. The highest BCUT2D eigenvalue weighted by Gasteiger charge is 2.22. The quantitative estimate of drug-likeness (QED) is 0.240. The molecule has 0 aliphatic rings. The summed E-state index contributed by atoms with van der Waals surface area (Å²) in [7, 11) is 0. The lowest BCUT2D eigenvalue weighted by Crippen LogP contribution is -2.23. The van der Waals surface area contributed by atoms with E-state index in [0.717, 1.165) is 11.8 Å². The van der Waals surface area contributed by atoms with Gasteiger partial charge in [-0.05, 0) is 43.7 Å². The standard InChI is InChI=1S/C21H17N5O5S/c1-12-7-8-14(26(28)29)11-15(12)22-20(27)13(2)32-21-23-18(16-5-3-9-30-16)19(24-25-21)17-6-4-10-31-17/h3-11,13H,1-2H3,(H,22,27)/t13-/m1/s1. The van der Waals surface area contributed by atoms with E-state index in [9.17, 15) is 14.9 Å².